The highest BCUT2D eigenvalue weighted by Gasteiger charge is 2.14. The van der Waals surface area contributed by atoms with Gasteiger partial charge in [0.2, 0.25) is 5.89 Å². The van der Waals surface area contributed by atoms with Crippen LogP contribution in [0.5, 0.6) is 0 Å². The number of carbonyl (C=O) groups is 1. The first-order valence-electron chi connectivity index (χ1n) is 12.3. The highest BCUT2D eigenvalue weighted by molar-refractivity contribution is 5.75. The molecule has 5 aromatic rings. The van der Waals surface area contributed by atoms with E-state index in [9.17, 15) is 9.59 Å². The Labute approximate surface area is 214 Å². The van der Waals surface area contributed by atoms with Gasteiger partial charge in [-0.3, -0.25) is 9.59 Å². The summed E-state index contributed by atoms with van der Waals surface area (Å²) in [7, 11) is 0. The van der Waals surface area contributed by atoms with Gasteiger partial charge in [-0.05, 0) is 43.2 Å². The van der Waals surface area contributed by atoms with Crippen molar-refractivity contribution in [2.75, 3.05) is 0 Å². The average Bonchev–Trinajstić information content (AvgIpc) is 3.40. The van der Waals surface area contributed by atoms with Gasteiger partial charge >= 0.3 is 5.97 Å². The predicted molar refractivity (Wildman–Crippen MR) is 141 cm³/mol. The Morgan fingerprint density at radius 3 is 2.49 bits per heavy atom. The molecule has 2 heterocycles. The van der Waals surface area contributed by atoms with E-state index in [1.165, 1.54) is 6.26 Å². The van der Waals surface area contributed by atoms with Crippen molar-refractivity contribution >= 4 is 17.0 Å². The molecule has 5 rings (SSSR count). The second-order valence-corrected chi connectivity index (χ2v) is 8.91. The van der Waals surface area contributed by atoms with E-state index in [-0.39, 0.29) is 25.0 Å². The van der Waals surface area contributed by atoms with Crippen LogP contribution in [-0.4, -0.2) is 20.5 Å². The zero-order valence-corrected chi connectivity index (χ0v) is 20.6. The fourth-order valence-corrected chi connectivity index (χ4v) is 4.16. The fourth-order valence-electron chi connectivity index (χ4n) is 4.16. The number of rotatable bonds is 9. The van der Waals surface area contributed by atoms with Crippen molar-refractivity contribution in [3.63, 3.8) is 0 Å². The molecule has 0 amide bonds. The Balaban J connectivity index is 1.23. The minimum absolute atomic E-state index is 0.000646. The molecule has 0 saturated carbocycles. The zero-order valence-electron chi connectivity index (χ0n) is 20.6. The quantitative estimate of drug-likeness (QED) is 0.260. The highest BCUT2D eigenvalue weighted by atomic mass is 16.5. The van der Waals surface area contributed by atoms with Gasteiger partial charge in [0, 0.05) is 18.5 Å². The van der Waals surface area contributed by atoms with E-state index in [2.05, 4.69) is 9.97 Å². The van der Waals surface area contributed by atoms with Crippen LogP contribution in [0.3, 0.4) is 0 Å². The molecule has 0 radical (unpaired) electrons. The van der Waals surface area contributed by atoms with Gasteiger partial charge in [-0.15, -0.1) is 0 Å². The number of carbonyl (C=O) groups excluding carboxylic acids is 1. The van der Waals surface area contributed by atoms with Gasteiger partial charge in [0.1, 0.15) is 24.3 Å². The minimum Gasteiger partial charge on any atom is -0.459 e. The topological polar surface area (TPSA) is 87.2 Å². The lowest BCUT2D eigenvalue weighted by molar-refractivity contribution is -0.145. The molecular weight excluding hydrogens is 466 g/mol. The van der Waals surface area contributed by atoms with Crippen LogP contribution in [0.15, 0.2) is 94.3 Å². The molecule has 0 aliphatic rings. The number of benzene rings is 3. The molecule has 0 fully saturated rings. The molecule has 0 unspecified atom stereocenters. The van der Waals surface area contributed by atoms with Crippen LogP contribution >= 0.6 is 0 Å². The summed E-state index contributed by atoms with van der Waals surface area (Å²) < 4.78 is 12.7. The maximum absolute atomic E-state index is 13.3. The molecule has 0 spiro atoms. The van der Waals surface area contributed by atoms with E-state index in [1.54, 1.807) is 4.57 Å². The van der Waals surface area contributed by atoms with Crippen LogP contribution in [0.25, 0.3) is 22.5 Å². The van der Waals surface area contributed by atoms with Crippen LogP contribution in [0.2, 0.25) is 0 Å². The number of para-hydroxylation sites is 2. The van der Waals surface area contributed by atoms with Crippen LogP contribution in [-0.2, 0) is 35.5 Å². The number of ether oxygens (including phenoxy) is 1. The summed E-state index contributed by atoms with van der Waals surface area (Å²) in [6, 6.07) is 25.4. The molecule has 0 N–H and O–H groups in total. The van der Waals surface area contributed by atoms with E-state index >= 15 is 0 Å². The van der Waals surface area contributed by atoms with Crippen molar-refractivity contribution in [3.05, 3.63) is 118 Å². The first kappa shape index (κ1) is 24.2. The van der Waals surface area contributed by atoms with Crippen molar-refractivity contribution in [1.29, 1.82) is 0 Å². The third-order valence-corrected chi connectivity index (χ3v) is 6.18. The van der Waals surface area contributed by atoms with Crippen molar-refractivity contribution in [3.8, 4) is 11.5 Å². The van der Waals surface area contributed by atoms with Gasteiger partial charge in [0.25, 0.3) is 5.56 Å². The second kappa shape index (κ2) is 11.0. The van der Waals surface area contributed by atoms with Crippen LogP contribution in [0.4, 0.5) is 0 Å². The van der Waals surface area contributed by atoms with Crippen molar-refractivity contribution in [2.24, 2.45) is 0 Å². The van der Waals surface area contributed by atoms with Gasteiger partial charge < -0.3 is 13.7 Å². The Kier molecular flexibility index (Phi) is 7.21. The molecule has 3 aromatic carbocycles. The molecule has 7 heteroatoms. The first-order chi connectivity index (χ1) is 18.1. The lowest BCUT2D eigenvalue weighted by Gasteiger charge is -2.12. The number of nitrogens with zero attached hydrogens (tertiary/aromatic N) is 3. The van der Waals surface area contributed by atoms with Crippen LogP contribution < -0.4 is 5.56 Å². The van der Waals surface area contributed by atoms with Gasteiger partial charge in [-0.2, -0.15) is 0 Å². The third kappa shape index (κ3) is 5.83. The molecule has 2 aromatic heterocycles. The summed E-state index contributed by atoms with van der Waals surface area (Å²) in [6.45, 7) is 2.54. The molecular formula is C30H27N3O4. The number of hydrogen-bond acceptors (Lipinski definition) is 6. The van der Waals surface area contributed by atoms with Gasteiger partial charge in [0.15, 0.2) is 0 Å². The monoisotopic (exact) mass is 493 g/mol. The normalized spacial score (nSPS) is 11.1. The standard InChI is InChI=1S/C30H27N3O4/c1-21-11-13-23(14-12-21)29-31-24(20-37-29)19-36-28(34)16-15-26-30(35)33(18-17-22-7-3-2-4-8-22)27-10-6-5-9-25(27)32-26/h2-14,20H,15-19H2,1H3. The largest absolute Gasteiger partial charge is 0.459 e. The molecule has 0 aliphatic carbocycles. The van der Waals surface area contributed by atoms with Gasteiger partial charge in [-0.1, -0.05) is 60.2 Å². The second-order valence-electron chi connectivity index (χ2n) is 8.91. The van der Waals surface area contributed by atoms with Gasteiger partial charge in [-0.25, -0.2) is 9.97 Å². The van der Waals surface area contributed by atoms with E-state index in [4.69, 9.17) is 9.15 Å². The smallest absolute Gasteiger partial charge is 0.306 e. The van der Waals surface area contributed by atoms with Crippen molar-refractivity contribution < 1.29 is 13.9 Å². The summed E-state index contributed by atoms with van der Waals surface area (Å²) >= 11 is 0. The Morgan fingerprint density at radius 1 is 0.919 bits per heavy atom. The number of oxazole rings is 1. The fraction of sp³-hybridized carbons (Fsp3) is 0.200. The highest BCUT2D eigenvalue weighted by Crippen LogP contribution is 2.19. The van der Waals surface area contributed by atoms with E-state index in [0.717, 1.165) is 34.1 Å². The number of hydrogen-bond donors (Lipinski definition) is 0. The van der Waals surface area contributed by atoms with Gasteiger partial charge in [0.05, 0.1) is 17.5 Å². The molecule has 7 nitrogen and oxygen atoms in total. The number of aryl methyl sites for hydroxylation is 4. The summed E-state index contributed by atoms with van der Waals surface area (Å²) in [5.41, 5.74) is 5.36. The lowest BCUT2D eigenvalue weighted by Crippen LogP contribution is -2.27. The van der Waals surface area contributed by atoms with Crippen LogP contribution in [0, 0.1) is 6.92 Å². The Hall–Kier alpha value is -4.52. The SMILES string of the molecule is Cc1ccc(-c2nc(COC(=O)CCc3nc4ccccc4n(CCc4ccccc4)c3=O)co2)cc1. The maximum Gasteiger partial charge on any atom is 0.306 e. The number of aromatic nitrogens is 3. The minimum atomic E-state index is -0.426. The average molecular weight is 494 g/mol. The lowest BCUT2D eigenvalue weighted by atomic mass is 10.1. The summed E-state index contributed by atoms with van der Waals surface area (Å²) in [4.78, 5) is 34.7. The predicted octanol–water partition coefficient (Wildman–Crippen LogP) is 5.28. The zero-order chi connectivity index (χ0) is 25.6. The molecule has 37 heavy (non-hydrogen) atoms. The number of fused-ring (bicyclic) bond motifs is 1. The third-order valence-electron chi connectivity index (χ3n) is 6.18. The number of esters is 1. The molecule has 0 bridgehead atoms. The molecule has 0 saturated heterocycles. The molecule has 186 valence electrons. The van der Waals surface area contributed by atoms with Crippen LogP contribution in [0.1, 0.15) is 28.9 Å². The Bertz CT molecular complexity index is 1570. The van der Waals surface area contributed by atoms with Crippen molar-refractivity contribution in [1.82, 2.24) is 14.5 Å². The maximum atomic E-state index is 13.3. The van der Waals surface area contributed by atoms with Crippen molar-refractivity contribution in [2.45, 2.75) is 39.3 Å². The molecule has 0 aliphatic heterocycles. The van der Waals surface area contributed by atoms with E-state index < -0.39 is 5.97 Å². The Morgan fingerprint density at radius 2 is 1.68 bits per heavy atom. The summed E-state index contributed by atoms with van der Waals surface area (Å²) in [5, 5.41) is 0. The first-order valence-corrected chi connectivity index (χ1v) is 12.3. The molecule has 0 atom stereocenters. The summed E-state index contributed by atoms with van der Waals surface area (Å²) in [6.07, 6.45) is 2.44. The van der Waals surface area contributed by atoms with E-state index in [0.29, 0.717) is 23.8 Å². The van der Waals surface area contributed by atoms with E-state index in [1.807, 2.05) is 85.8 Å². The summed E-state index contributed by atoms with van der Waals surface area (Å²) in [5.74, 6) is 0.0487.